The summed E-state index contributed by atoms with van der Waals surface area (Å²) < 4.78 is 0. The molecule has 2 heteroatoms. The fourth-order valence-electron chi connectivity index (χ4n) is 2.64. The van der Waals surface area contributed by atoms with E-state index >= 15 is 0 Å². The molecule has 1 fully saturated rings. The van der Waals surface area contributed by atoms with Crippen molar-refractivity contribution < 1.29 is 0 Å². The highest BCUT2D eigenvalue weighted by molar-refractivity contribution is 5.53. The molecule has 0 bridgehead atoms. The van der Waals surface area contributed by atoms with Gasteiger partial charge in [0.1, 0.15) is 0 Å². The lowest BCUT2D eigenvalue weighted by atomic mass is 10.1. The molecule has 0 spiro atoms. The first-order valence-electron chi connectivity index (χ1n) is 7.64. The van der Waals surface area contributed by atoms with E-state index in [2.05, 4.69) is 55.3 Å². The molecule has 0 aliphatic carbocycles. The lowest BCUT2D eigenvalue weighted by Crippen LogP contribution is -2.36. The molecule has 1 N–H and O–H groups in total. The highest BCUT2D eigenvalue weighted by Gasteiger charge is 2.15. The molecule has 19 heavy (non-hydrogen) atoms. The summed E-state index contributed by atoms with van der Waals surface area (Å²) in [5.74, 6) is 0. The van der Waals surface area contributed by atoms with Crippen molar-refractivity contribution in [1.29, 1.82) is 0 Å². The molecule has 0 unspecified atom stereocenters. The zero-order chi connectivity index (χ0) is 13.7. The molecule has 2 rings (SSSR count). The van der Waals surface area contributed by atoms with Crippen LogP contribution in [0, 0.1) is 0 Å². The molecule has 0 radical (unpaired) electrons. The zero-order valence-corrected chi connectivity index (χ0v) is 12.7. The van der Waals surface area contributed by atoms with E-state index in [1.165, 1.54) is 50.0 Å². The van der Waals surface area contributed by atoms with E-state index in [0.717, 1.165) is 6.54 Å². The van der Waals surface area contributed by atoms with Crippen LogP contribution < -0.4 is 10.2 Å². The average Bonchev–Trinajstić information content (AvgIpc) is 2.64. The minimum atomic E-state index is 0.173. The van der Waals surface area contributed by atoms with E-state index in [1.807, 2.05) is 0 Å². The Hall–Kier alpha value is -1.02. The molecular formula is C17H28N2. The smallest absolute Gasteiger partial charge is 0.0411 e. The third kappa shape index (κ3) is 4.54. The van der Waals surface area contributed by atoms with Crippen LogP contribution in [0.3, 0.4) is 0 Å². The second-order valence-electron chi connectivity index (χ2n) is 6.63. The maximum atomic E-state index is 3.61. The molecule has 1 saturated heterocycles. The van der Waals surface area contributed by atoms with Gasteiger partial charge in [-0.15, -0.1) is 0 Å². The Kier molecular flexibility index (Phi) is 4.87. The summed E-state index contributed by atoms with van der Waals surface area (Å²) in [5, 5.41) is 3.61. The molecule has 0 aromatic heterocycles. The van der Waals surface area contributed by atoms with Gasteiger partial charge in [-0.05, 0) is 45.2 Å². The largest absolute Gasteiger partial charge is 0.371 e. The minimum Gasteiger partial charge on any atom is -0.371 e. The van der Waals surface area contributed by atoms with Crippen molar-refractivity contribution in [3.8, 4) is 0 Å². The number of nitrogens with one attached hydrogen (secondary N) is 1. The lowest BCUT2D eigenvalue weighted by molar-refractivity contribution is 0.424. The van der Waals surface area contributed by atoms with Gasteiger partial charge in [0.15, 0.2) is 0 Å². The predicted octanol–water partition coefficient (Wildman–Crippen LogP) is 3.96. The molecule has 0 saturated carbocycles. The summed E-state index contributed by atoms with van der Waals surface area (Å²) >= 11 is 0. The summed E-state index contributed by atoms with van der Waals surface area (Å²) in [6.07, 6.45) is 5.44. The minimum absolute atomic E-state index is 0.173. The van der Waals surface area contributed by atoms with Crippen molar-refractivity contribution in [2.45, 2.75) is 58.5 Å². The number of hydrogen-bond donors (Lipinski definition) is 1. The second-order valence-corrected chi connectivity index (χ2v) is 6.63. The van der Waals surface area contributed by atoms with Crippen LogP contribution in [0.2, 0.25) is 0 Å². The summed E-state index contributed by atoms with van der Waals surface area (Å²) in [4.78, 5) is 2.58. The van der Waals surface area contributed by atoms with E-state index < -0.39 is 0 Å². The topological polar surface area (TPSA) is 15.3 Å². The van der Waals surface area contributed by atoms with E-state index in [4.69, 9.17) is 0 Å². The van der Waals surface area contributed by atoms with Crippen molar-refractivity contribution in [2.24, 2.45) is 0 Å². The molecule has 1 aromatic carbocycles. The van der Waals surface area contributed by atoms with Gasteiger partial charge in [0.05, 0.1) is 0 Å². The molecule has 0 amide bonds. The van der Waals surface area contributed by atoms with Crippen LogP contribution in [0.15, 0.2) is 24.3 Å². The number of anilines is 1. The van der Waals surface area contributed by atoms with Crippen LogP contribution in [0.5, 0.6) is 0 Å². The maximum absolute atomic E-state index is 3.61. The Morgan fingerprint density at radius 2 is 1.63 bits per heavy atom. The summed E-state index contributed by atoms with van der Waals surface area (Å²) in [7, 11) is 0. The van der Waals surface area contributed by atoms with Gasteiger partial charge in [-0.3, -0.25) is 0 Å². The van der Waals surface area contributed by atoms with Gasteiger partial charge in [0.2, 0.25) is 0 Å². The van der Waals surface area contributed by atoms with Crippen molar-refractivity contribution in [2.75, 3.05) is 18.0 Å². The third-order valence-electron chi connectivity index (χ3n) is 3.75. The average molecular weight is 260 g/mol. The van der Waals surface area contributed by atoms with Crippen LogP contribution in [0.4, 0.5) is 5.69 Å². The molecule has 1 aliphatic heterocycles. The summed E-state index contributed by atoms with van der Waals surface area (Å²) in [6.45, 7) is 10.1. The first kappa shape index (κ1) is 14.4. The van der Waals surface area contributed by atoms with Crippen LogP contribution in [0.25, 0.3) is 0 Å². The Bertz CT molecular complexity index is 384. The summed E-state index contributed by atoms with van der Waals surface area (Å²) in [6, 6.07) is 8.87. The molecular weight excluding hydrogens is 232 g/mol. The van der Waals surface area contributed by atoms with Gasteiger partial charge < -0.3 is 10.2 Å². The number of nitrogens with zero attached hydrogens (tertiary/aromatic N) is 1. The fraction of sp³-hybridized carbons (Fsp3) is 0.647. The highest BCUT2D eigenvalue weighted by atomic mass is 15.1. The Balaban J connectivity index is 2.10. The van der Waals surface area contributed by atoms with Gasteiger partial charge in [-0.1, -0.05) is 31.0 Å². The number of hydrogen-bond acceptors (Lipinski definition) is 2. The Morgan fingerprint density at radius 1 is 1.00 bits per heavy atom. The van der Waals surface area contributed by atoms with Gasteiger partial charge >= 0.3 is 0 Å². The predicted molar refractivity (Wildman–Crippen MR) is 83.7 cm³/mol. The maximum Gasteiger partial charge on any atom is 0.0411 e. The molecule has 1 aromatic rings. The lowest BCUT2D eigenvalue weighted by Gasteiger charge is -2.27. The number of para-hydroxylation sites is 1. The van der Waals surface area contributed by atoms with Crippen LogP contribution >= 0.6 is 0 Å². The normalized spacial score (nSPS) is 17.3. The molecule has 0 atom stereocenters. The second kappa shape index (κ2) is 6.42. The Morgan fingerprint density at radius 3 is 2.26 bits per heavy atom. The van der Waals surface area contributed by atoms with Gasteiger partial charge in [0, 0.05) is 30.9 Å². The highest BCUT2D eigenvalue weighted by Crippen LogP contribution is 2.24. The number of benzene rings is 1. The first-order chi connectivity index (χ1) is 9.06. The van der Waals surface area contributed by atoms with E-state index in [-0.39, 0.29) is 5.54 Å². The molecule has 106 valence electrons. The first-order valence-corrected chi connectivity index (χ1v) is 7.64. The van der Waals surface area contributed by atoms with E-state index in [1.54, 1.807) is 0 Å². The van der Waals surface area contributed by atoms with Crippen molar-refractivity contribution in [3.63, 3.8) is 0 Å². The van der Waals surface area contributed by atoms with E-state index in [9.17, 15) is 0 Å². The van der Waals surface area contributed by atoms with Gasteiger partial charge in [-0.2, -0.15) is 0 Å². The van der Waals surface area contributed by atoms with Crippen LogP contribution in [-0.4, -0.2) is 18.6 Å². The molecule has 1 aliphatic rings. The number of rotatable bonds is 3. The SMILES string of the molecule is CC(C)(C)NCc1ccccc1N1CCCCCC1. The Labute approximate surface area is 118 Å². The van der Waals surface area contributed by atoms with Gasteiger partial charge in [-0.25, -0.2) is 0 Å². The van der Waals surface area contributed by atoms with Gasteiger partial charge in [0.25, 0.3) is 0 Å². The third-order valence-corrected chi connectivity index (χ3v) is 3.75. The van der Waals surface area contributed by atoms with E-state index in [0.29, 0.717) is 0 Å². The van der Waals surface area contributed by atoms with Crippen molar-refractivity contribution >= 4 is 5.69 Å². The van der Waals surface area contributed by atoms with Crippen molar-refractivity contribution in [1.82, 2.24) is 5.32 Å². The monoisotopic (exact) mass is 260 g/mol. The summed E-state index contributed by atoms with van der Waals surface area (Å²) in [5.41, 5.74) is 3.03. The zero-order valence-electron chi connectivity index (χ0n) is 12.7. The standard InChI is InChI=1S/C17H28N2/c1-17(2,3)18-14-15-10-6-7-11-16(15)19-12-8-4-5-9-13-19/h6-7,10-11,18H,4-5,8-9,12-14H2,1-3H3. The molecule has 1 heterocycles. The van der Waals surface area contributed by atoms with Crippen LogP contribution in [0.1, 0.15) is 52.0 Å². The van der Waals surface area contributed by atoms with Crippen molar-refractivity contribution in [3.05, 3.63) is 29.8 Å². The quantitative estimate of drug-likeness (QED) is 0.885. The fourth-order valence-corrected chi connectivity index (χ4v) is 2.64. The van der Waals surface area contributed by atoms with Crippen LogP contribution in [-0.2, 0) is 6.54 Å². The molecule has 2 nitrogen and oxygen atoms in total.